The molecule has 1 aromatic carbocycles. The van der Waals surface area contributed by atoms with E-state index in [-0.39, 0.29) is 23.7 Å². The first-order valence-corrected chi connectivity index (χ1v) is 3.89. The zero-order valence-electron chi connectivity index (χ0n) is 7.32. The topological polar surface area (TPSA) is 32.6 Å². The monoisotopic (exact) mass is 237 g/mol. The van der Waals surface area contributed by atoms with Gasteiger partial charge in [0, 0.05) is 5.56 Å². The number of para-hydroxylation sites is 1. The van der Waals surface area contributed by atoms with Crippen LogP contribution >= 0.6 is 12.4 Å². The Morgan fingerprint density at radius 2 is 1.80 bits per heavy atom. The second-order valence-corrected chi connectivity index (χ2v) is 3.04. The van der Waals surface area contributed by atoms with Gasteiger partial charge in [-0.05, 0) is 6.07 Å². The van der Waals surface area contributed by atoms with Gasteiger partial charge < -0.3 is 5.11 Å². The van der Waals surface area contributed by atoms with E-state index in [0.29, 0.717) is 6.21 Å². The summed E-state index contributed by atoms with van der Waals surface area (Å²) in [4.78, 5) is 3.52. The van der Waals surface area contributed by atoms with Crippen LogP contribution in [-0.4, -0.2) is 17.5 Å². The minimum Gasteiger partial charge on any atom is -0.371 e. The lowest BCUT2D eigenvalue weighted by atomic mass is 9.96. The van der Waals surface area contributed by atoms with Gasteiger partial charge in [0.15, 0.2) is 0 Å². The predicted molar refractivity (Wildman–Crippen MR) is 51.8 cm³/mol. The van der Waals surface area contributed by atoms with Crippen LogP contribution in [0.5, 0.6) is 0 Å². The molecule has 1 aromatic rings. The van der Waals surface area contributed by atoms with Crippen LogP contribution in [0, 0.1) is 0 Å². The van der Waals surface area contributed by atoms with Crippen molar-refractivity contribution in [3.8, 4) is 0 Å². The smallest absolute Gasteiger partial charge is 0.371 e. The third-order valence-electron chi connectivity index (χ3n) is 2.14. The highest BCUT2D eigenvalue weighted by molar-refractivity contribution is 5.85. The summed E-state index contributed by atoms with van der Waals surface area (Å²) in [6.45, 7) is 0. The average Bonchev–Trinajstić information content (AvgIpc) is 2.45. The predicted octanol–water partition coefficient (Wildman–Crippen LogP) is 2.57. The lowest BCUT2D eigenvalue weighted by Gasteiger charge is -2.23. The van der Waals surface area contributed by atoms with Crippen LogP contribution in [0.4, 0.5) is 18.9 Å². The third kappa shape index (κ3) is 1.61. The molecule has 1 unspecified atom stereocenters. The fourth-order valence-electron chi connectivity index (χ4n) is 1.37. The summed E-state index contributed by atoms with van der Waals surface area (Å²) in [7, 11) is 0. The molecular formula is C9H7ClF3NO. The molecule has 2 rings (SSSR count). The Labute approximate surface area is 89.9 Å². The van der Waals surface area contributed by atoms with Crippen molar-refractivity contribution in [2.45, 2.75) is 11.8 Å². The van der Waals surface area contributed by atoms with Crippen molar-refractivity contribution in [3.05, 3.63) is 29.8 Å². The Kier molecular flexibility index (Phi) is 2.80. The summed E-state index contributed by atoms with van der Waals surface area (Å²) < 4.78 is 37.4. The number of aliphatic imine (C=N–C) groups is 1. The van der Waals surface area contributed by atoms with Crippen molar-refractivity contribution < 1.29 is 18.3 Å². The van der Waals surface area contributed by atoms with E-state index >= 15 is 0 Å². The van der Waals surface area contributed by atoms with E-state index in [1.807, 2.05) is 0 Å². The standard InChI is InChI=1S/C9H6F3NO.ClH/c10-9(11,12)8(14)5-13-7-4-2-1-3-6(7)8;/h1-5,14H;1H. The second kappa shape index (κ2) is 3.50. The van der Waals surface area contributed by atoms with Crippen LogP contribution in [0.15, 0.2) is 29.3 Å². The normalized spacial score (nSPS) is 23.5. The molecule has 0 aliphatic carbocycles. The maximum Gasteiger partial charge on any atom is 0.426 e. The molecule has 1 atom stereocenters. The van der Waals surface area contributed by atoms with Crippen LogP contribution in [0.1, 0.15) is 5.56 Å². The van der Waals surface area contributed by atoms with Crippen molar-refractivity contribution in [3.63, 3.8) is 0 Å². The zero-order valence-corrected chi connectivity index (χ0v) is 8.14. The van der Waals surface area contributed by atoms with Crippen LogP contribution < -0.4 is 0 Å². The Bertz CT molecular complexity index is 405. The Morgan fingerprint density at radius 1 is 1.20 bits per heavy atom. The van der Waals surface area contributed by atoms with Crippen molar-refractivity contribution >= 4 is 24.3 Å². The molecule has 0 bridgehead atoms. The van der Waals surface area contributed by atoms with E-state index in [1.54, 1.807) is 6.07 Å². The molecule has 0 spiro atoms. The largest absolute Gasteiger partial charge is 0.426 e. The molecule has 0 radical (unpaired) electrons. The van der Waals surface area contributed by atoms with Gasteiger partial charge in [-0.15, -0.1) is 12.4 Å². The Balaban J connectivity index is 0.00000112. The van der Waals surface area contributed by atoms with Gasteiger partial charge in [-0.2, -0.15) is 13.2 Å². The number of benzene rings is 1. The number of fused-ring (bicyclic) bond motifs is 1. The molecule has 0 saturated carbocycles. The molecule has 15 heavy (non-hydrogen) atoms. The Hall–Kier alpha value is -1.07. The molecule has 2 nitrogen and oxygen atoms in total. The molecule has 0 amide bonds. The first kappa shape index (κ1) is 12.0. The molecule has 1 aliphatic heterocycles. The molecule has 1 aliphatic rings. The number of nitrogens with zero attached hydrogens (tertiary/aromatic N) is 1. The summed E-state index contributed by atoms with van der Waals surface area (Å²) in [5.41, 5.74) is -2.98. The van der Waals surface area contributed by atoms with E-state index in [2.05, 4.69) is 4.99 Å². The van der Waals surface area contributed by atoms with Crippen LogP contribution in [0.2, 0.25) is 0 Å². The third-order valence-corrected chi connectivity index (χ3v) is 2.14. The maximum absolute atomic E-state index is 12.5. The van der Waals surface area contributed by atoms with Gasteiger partial charge >= 0.3 is 6.18 Å². The molecule has 82 valence electrons. The fraction of sp³-hybridized carbons (Fsp3) is 0.222. The number of alkyl halides is 3. The molecule has 0 saturated heterocycles. The minimum atomic E-state index is -4.73. The number of rotatable bonds is 0. The van der Waals surface area contributed by atoms with Crippen LogP contribution in [0.3, 0.4) is 0 Å². The summed E-state index contributed by atoms with van der Waals surface area (Å²) in [5.74, 6) is 0. The number of halogens is 4. The van der Waals surface area contributed by atoms with E-state index in [1.165, 1.54) is 18.2 Å². The zero-order chi connectivity index (χ0) is 10.4. The summed E-state index contributed by atoms with van der Waals surface area (Å²) in [6.07, 6.45) is -4.21. The van der Waals surface area contributed by atoms with Gasteiger partial charge in [-0.25, -0.2) is 0 Å². The van der Waals surface area contributed by atoms with Crippen LogP contribution in [-0.2, 0) is 5.60 Å². The summed E-state index contributed by atoms with van der Waals surface area (Å²) >= 11 is 0. The number of hydrogen-bond donors (Lipinski definition) is 1. The minimum absolute atomic E-state index is 0. The van der Waals surface area contributed by atoms with Crippen molar-refractivity contribution in [1.82, 2.24) is 0 Å². The molecule has 1 N–H and O–H groups in total. The highest BCUT2D eigenvalue weighted by atomic mass is 35.5. The van der Waals surface area contributed by atoms with E-state index in [9.17, 15) is 18.3 Å². The molecule has 0 fully saturated rings. The van der Waals surface area contributed by atoms with Gasteiger partial charge in [-0.1, -0.05) is 18.2 Å². The second-order valence-electron chi connectivity index (χ2n) is 3.04. The van der Waals surface area contributed by atoms with Gasteiger partial charge in [0.05, 0.1) is 11.9 Å². The van der Waals surface area contributed by atoms with Gasteiger partial charge in [0.2, 0.25) is 5.60 Å². The summed E-state index contributed by atoms with van der Waals surface area (Å²) in [5, 5.41) is 9.41. The Morgan fingerprint density at radius 3 is 2.40 bits per heavy atom. The van der Waals surface area contributed by atoms with Crippen molar-refractivity contribution in [2.24, 2.45) is 4.99 Å². The van der Waals surface area contributed by atoms with E-state index in [4.69, 9.17) is 0 Å². The van der Waals surface area contributed by atoms with E-state index < -0.39 is 11.8 Å². The van der Waals surface area contributed by atoms with E-state index in [0.717, 1.165) is 0 Å². The quantitative estimate of drug-likeness (QED) is 0.739. The van der Waals surface area contributed by atoms with Crippen LogP contribution in [0.25, 0.3) is 0 Å². The molecule has 6 heteroatoms. The maximum atomic E-state index is 12.5. The van der Waals surface area contributed by atoms with Crippen molar-refractivity contribution in [2.75, 3.05) is 0 Å². The number of aliphatic hydroxyl groups is 1. The summed E-state index contributed by atoms with van der Waals surface area (Å²) in [6, 6.07) is 5.65. The van der Waals surface area contributed by atoms with Gasteiger partial charge in [-0.3, -0.25) is 4.99 Å². The highest BCUT2D eigenvalue weighted by Crippen LogP contribution is 2.45. The lowest BCUT2D eigenvalue weighted by molar-refractivity contribution is -0.232. The first-order chi connectivity index (χ1) is 6.45. The van der Waals surface area contributed by atoms with Gasteiger partial charge in [0.1, 0.15) is 0 Å². The number of hydrogen-bond acceptors (Lipinski definition) is 2. The average molecular weight is 238 g/mol. The first-order valence-electron chi connectivity index (χ1n) is 3.89. The van der Waals surface area contributed by atoms with Gasteiger partial charge in [0.25, 0.3) is 0 Å². The highest BCUT2D eigenvalue weighted by Gasteiger charge is 2.56. The molecule has 1 heterocycles. The molecular weight excluding hydrogens is 231 g/mol. The van der Waals surface area contributed by atoms with Crippen molar-refractivity contribution in [1.29, 1.82) is 0 Å². The fourth-order valence-corrected chi connectivity index (χ4v) is 1.37. The lowest BCUT2D eigenvalue weighted by Crippen LogP contribution is -2.42. The molecule has 0 aromatic heterocycles. The SMILES string of the molecule is Cl.OC1(C(F)(F)F)C=Nc2ccccc21.